The Bertz CT molecular complexity index is 863. The minimum atomic E-state index is -4.39. The summed E-state index contributed by atoms with van der Waals surface area (Å²) in [7, 11) is 0. The van der Waals surface area contributed by atoms with Crippen LogP contribution in [0.25, 0.3) is 0 Å². The Kier molecular flexibility index (Phi) is 4.74. The Morgan fingerprint density at radius 1 is 1.11 bits per heavy atom. The first-order chi connectivity index (χ1) is 13.4. The van der Waals surface area contributed by atoms with Crippen molar-refractivity contribution in [2.75, 3.05) is 24.8 Å². The van der Waals surface area contributed by atoms with Gasteiger partial charge in [0.1, 0.15) is 5.82 Å². The average Bonchev–Trinajstić information content (AvgIpc) is 3.16. The van der Waals surface area contributed by atoms with Gasteiger partial charge >= 0.3 is 6.18 Å². The number of fused-ring (bicyclic) bond motifs is 1. The van der Waals surface area contributed by atoms with E-state index in [9.17, 15) is 18.0 Å². The summed E-state index contributed by atoms with van der Waals surface area (Å²) in [6, 6.07) is 7.45. The molecule has 1 fully saturated rings. The maximum absolute atomic E-state index is 12.6. The van der Waals surface area contributed by atoms with E-state index in [4.69, 9.17) is 9.47 Å². The number of alkyl halides is 3. The fraction of sp³-hybridized carbons (Fsp3) is 0.368. The molecule has 2 aromatic rings. The van der Waals surface area contributed by atoms with Crippen LogP contribution in [0.4, 0.5) is 19.0 Å². The lowest BCUT2D eigenvalue weighted by atomic mass is 10.0. The zero-order valence-corrected chi connectivity index (χ0v) is 14.8. The number of ether oxygens (including phenoxy) is 2. The van der Waals surface area contributed by atoms with Gasteiger partial charge in [-0.3, -0.25) is 4.79 Å². The second-order valence-corrected chi connectivity index (χ2v) is 6.71. The van der Waals surface area contributed by atoms with Crippen LogP contribution in [0, 0.1) is 0 Å². The number of hydrogen-bond donors (Lipinski definition) is 1. The normalized spacial score (nSPS) is 16.9. The van der Waals surface area contributed by atoms with Gasteiger partial charge in [-0.05, 0) is 43.2 Å². The molecule has 4 rings (SSSR count). The van der Waals surface area contributed by atoms with E-state index in [1.807, 2.05) is 4.90 Å². The zero-order valence-electron chi connectivity index (χ0n) is 14.8. The lowest BCUT2D eigenvalue weighted by Gasteiger charge is -2.33. The molecular weight excluding hydrogens is 375 g/mol. The zero-order chi connectivity index (χ0) is 19.7. The minimum Gasteiger partial charge on any atom is -0.454 e. The van der Waals surface area contributed by atoms with E-state index in [1.165, 1.54) is 6.07 Å². The molecule has 1 N–H and O–H groups in total. The smallest absolute Gasteiger partial charge is 0.417 e. The van der Waals surface area contributed by atoms with E-state index in [-0.39, 0.29) is 18.7 Å². The van der Waals surface area contributed by atoms with Gasteiger partial charge in [0.25, 0.3) is 5.91 Å². The molecule has 0 atom stereocenters. The van der Waals surface area contributed by atoms with Crippen molar-refractivity contribution >= 4 is 11.7 Å². The second kappa shape index (κ2) is 7.21. The summed E-state index contributed by atoms with van der Waals surface area (Å²) in [5.41, 5.74) is -0.266. The number of carbonyl (C=O) groups is 1. The molecule has 0 aliphatic carbocycles. The largest absolute Gasteiger partial charge is 0.454 e. The number of rotatable bonds is 3. The Morgan fingerprint density at radius 2 is 1.86 bits per heavy atom. The summed E-state index contributed by atoms with van der Waals surface area (Å²) < 4.78 is 48.4. The van der Waals surface area contributed by atoms with Crippen molar-refractivity contribution in [3.63, 3.8) is 0 Å². The summed E-state index contributed by atoms with van der Waals surface area (Å²) >= 11 is 0. The molecule has 0 unspecified atom stereocenters. The lowest BCUT2D eigenvalue weighted by molar-refractivity contribution is -0.137. The first-order valence-corrected chi connectivity index (χ1v) is 8.89. The first kappa shape index (κ1) is 18.4. The molecule has 0 bridgehead atoms. The van der Waals surface area contributed by atoms with Crippen LogP contribution in [-0.4, -0.2) is 36.8 Å². The van der Waals surface area contributed by atoms with Gasteiger partial charge in [0.05, 0.1) is 5.56 Å². The molecule has 6 nitrogen and oxygen atoms in total. The molecule has 1 saturated heterocycles. The maximum atomic E-state index is 12.6. The number of carbonyl (C=O) groups excluding carboxylic acids is 1. The Hall–Kier alpha value is -2.97. The highest BCUT2D eigenvalue weighted by Crippen LogP contribution is 2.33. The van der Waals surface area contributed by atoms with Crippen LogP contribution in [0.1, 0.15) is 28.8 Å². The van der Waals surface area contributed by atoms with Crippen LogP contribution in [0.15, 0.2) is 36.5 Å². The number of pyridine rings is 1. The van der Waals surface area contributed by atoms with Crippen LogP contribution in [0.2, 0.25) is 0 Å². The van der Waals surface area contributed by atoms with E-state index in [2.05, 4.69) is 10.3 Å². The van der Waals surface area contributed by atoms with Crippen LogP contribution in [0.5, 0.6) is 11.5 Å². The number of aromatic nitrogens is 1. The third-order valence-corrected chi connectivity index (χ3v) is 4.86. The SMILES string of the molecule is O=C(NC1CCN(c2ccc(C(F)(F)F)cn2)CC1)c1ccc2c(c1)OCO2. The van der Waals surface area contributed by atoms with Gasteiger partial charge in [0.2, 0.25) is 6.79 Å². The predicted octanol–water partition coefficient (Wildman–Crippen LogP) is 3.23. The van der Waals surface area contributed by atoms with Crippen molar-refractivity contribution in [1.82, 2.24) is 10.3 Å². The number of halogens is 3. The van der Waals surface area contributed by atoms with Crippen molar-refractivity contribution in [3.05, 3.63) is 47.7 Å². The number of anilines is 1. The van der Waals surface area contributed by atoms with Gasteiger partial charge in [-0.15, -0.1) is 0 Å². The molecule has 1 aromatic carbocycles. The van der Waals surface area contributed by atoms with Crippen LogP contribution in [-0.2, 0) is 6.18 Å². The predicted molar refractivity (Wildman–Crippen MR) is 94.5 cm³/mol. The maximum Gasteiger partial charge on any atom is 0.417 e. The van der Waals surface area contributed by atoms with Crippen LogP contribution < -0.4 is 19.7 Å². The number of hydrogen-bond acceptors (Lipinski definition) is 5. The van der Waals surface area contributed by atoms with Crippen molar-refractivity contribution in [2.24, 2.45) is 0 Å². The second-order valence-electron chi connectivity index (χ2n) is 6.71. The van der Waals surface area contributed by atoms with E-state index in [1.54, 1.807) is 18.2 Å². The lowest BCUT2D eigenvalue weighted by Crippen LogP contribution is -2.45. The molecular formula is C19H18F3N3O3. The van der Waals surface area contributed by atoms with Crippen molar-refractivity contribution in [2.45, 2.75) is 25.1 Å². The van der Waals surface area contributed by atoms with E-state index < -0.39 is 11.7 Å². The van der Waals surface area contributed by atoms with Gasteiger partial charge in [-0.25, -0.2) is 4.98 Å². The van der Waals surface area contributed by atoms with E-state index >= 15 is 0 Å². The fourth-order valence-electron chi connectivity index (χ4n) is 3.30. The Labute approximate surface area is 159 Å². The van der Waals surface area contributed by atoms with Gasteiger partial charge in [-0.2, -0.15) is 13.2 Å². The summed E-state index contributed by atoms with van der Waals surface area (Å²) in [6.45, 7) is 1.35. The van der Waals surface area contributed by atoms with E-state index in [0.717, 1.165) is 12.3 Å². The summed E-state index contributed by atoms with van der Waals surface area (Å²) in [6.07, 6.45) is -2.18. The number of piperidine rings is 1. The number of amides is 1. The topological polar surface area (TPSA) is 63.7 Å². The van der Waals surface area contributed by atoms with E-state index in [0.29, 0.717) is 48.8 Å². The molecule has 0 radical (unpaired) electrons. The molecule has 3 heterocycles. The van der Waals surface area contributed by atoms with Gasteiger partial charge in [-0.1, -0.05) is 0 Å². The fourth-order valence-corrected chi connectivity index (χ4v) is 3.30. The molecule has 9 heteroatoms. The monoisotopic (exact) mass is 393 g/mol. The van der Waals surface area contributed by atoms with Crippen molar-refractivity contribution in [1.29, 1.82) is 0 Å². The van der Waals surface area contributed by atoms with Crippen LogP contribution in [0.3, 0.4) is 0 Å². The first-order valence-electron chi connectivity index (χ1n) is 8.89. The standard InChI is InChI=1S/C19H18F3N3O3/c20-19(21,22)13-2-4-17(23-10-13)25-7-5-14(6-8-25)24-18(26)12-1-3-15-16(9-12)28-11-27-15/h1-4,9-10,14H,5-8,11H2,(H,24,26). The quantitative estimate of drug-likeness (QED) is 0.868. The molecule has 2 aliphatic rings. The van der Waals surface area contributed by atoms with Gasteiger partial charge in [0.15, 0.2) is 11.5 Å². The molecule has 0 spiro atoms. The summed E-state index contributed by atoms with van der Waals surface area (Å²) in [4.78, 5) is 18.3. The van der Waals surface area contributed by atoms with Gasteiger partial charge < -0.3 is 19.7 Å². The highest BCUT2D eigenvalue weighted by atomic mass is 19.4. The molecule has 2 aliphatic heterocycles. The molecule has 148 valence electrons. The third kappa shape index (κ3) is 3.83. The van der Waals surface area contributed by atoms with Crippen molar-refractivity contribution in [3.8, 4) is 11.5 Å². The molecule has 28 heavy (non-hydrogen) atoms. The number of nitrogens with zero attached hydrogens (tertiary/aromatic N) is 2. The Morgan fingerprint density at radius 3 is 2.54 bits per heavy atom. The van der Waals surface area contributed by atoms with Crippen molar-refractivity contribution < 1.29 is 27.4 Å². The van der Waals surface area contributed by atoms with Crippen LogP contribution >= 0.6 is 0 Å². The minimum absolute atomic E-state index is 0.0105. The molecule has 1 aromatic heterocycles. The highest BCUT2D eigenvalue weighted by molar-refractivity contribution is 5.95. The third-order valence-electron chi connectivity index (χ3n) is 4.86. The van der Waals surface area contributed by atoms with Gasteiger partial charge in [0, 0.05) is 30.9 Å². The average molecular weight is 393 g/mol. The molecule has 0 saturated carbocycles. The molecule has 1 amide bonds. The Balaban J connectivity index is 1.32. The summed E-state index contributed by atoms with van der Waals surface area (Å²) in [5.74, 6) is 1.49. The highest BCUT2D eigenvalue weighted by Gasteiger charge is 2.31. The number of nitrogens with one attached hydrogen (secondary N) is 1. The number of benzene rings is 1. The summed E-state index contributed by atoms with van der Waals surface area (Å²) in [5, 5.41) is 3.00.